The Hall–Kier alpha value is -3.03. The highest BCUT2D eigenvalue weighted by molar-refractivity contribution is 5.93. The molecule has 1 atom stereocenters. The van der Waals surface area contributed by atoms with Crippen molar-refractivity contribution in [3.63, 3.8) is 0 Å². The molecule has 5 rings (SSSR count). The van der Waals surface area contributed by atoms with E-state index in [-0.39, 0.29) is 11.8 Å². The SMILES string of the molecule is O=C(Nc1cccnc1)[C@@H]1CCCN(c2ncnc3c2nc2n3CCCCC2)C1. The number of rotatable bonds is 3. The number of nitrogens with zero attached hydrogens (tertiary/aromatic N) is 6. The second-order valence-electron chi connectivity index (χ2n) is 7.88. The molecule has 0 radical (unpaired) electrons. The predicted octanol–water partition coefficient (Wildman–Crippen LogP) is 2.80. The summed E-state index contributed by atoms with van der Waals surface area (Å²) in [6.07, 6.45) is 11.4. The molecule has 0 saturated carbocycles. The van der Waals surface area contributed by atoms with Crippen LogP contribution in [0.15, 0.2) is 30.9 Å². The lowest BCUT2D eigenvalue weighted by Gasteiger charge is -2.32. The molecule has 0 aliphatic carbocycles. The number of piperidine rings is 1. The van der Waals surface area contributed by atoms with Crippen molar-refractivity contribution in [1.29, 1.82) is 0 Å². The van der Waals surface area contributed by atoms with E-state index < -0.39 is 0 Å². The minimum atomic E-state index is -0.0885. The van der Waals surface area contributed by atoms with E-state index in [1.54, 1.807) is 18.7 Å². The zero-order valence-electron chi connectivity index (χ0n) is 16.4. The third kappa shape index (κ3) is 3.54. The molecule has 1 amide bonds. The number of carbonyl (C=O) groups excluding carboxylic acids is 1. The molecule has 1 N–H and O–H groups in total. The minimum absolute atomic E-state index is 0.0358. The summed E-state index contributed by atoms with van der Waals surface area (Å²) >= 11 is 0. The van der Waals surface area contributed by atoms with Gasteiger partial charge in [0.05, 0.1) is 17.8 Å². The monoisotopic (exact) mass is 391 g/mol. The fourth-order valence-electron chi connectivity index (χ4n) is 4.42. The summed E-state index contributed by atoms with van der Waals surface area (Å²) in [5.41, 5.74) is 2.53. The largest absolute Gasteiger partial charge is 0.354 e. The Morgan fingerprint density at radius 1 is 1.14 bits per heavy atom. The summed E-state index contributed by atoms with van der Waals surface area (Å²) < 4.78 is 2.25. The maximum atomic E-state index is 12.8. The molecule has 2 aliphatic heterocycles. The topological polar surface area (TPSA) is 88.8 Å². The molecule has 2 aliphatic rings. The molecule has 0 aromatic carbocycles. The van der Waals surface area contributed by atoms with Gasteiger partial charge in [0.2, 0.25) is 5.91 Å². The van der Waals surface area contributed by atoms with Gasteiger partial charge in [-0.05, 0) is 37.8 Å². The number of carbonyl (C=O) groups is 1. The average Bonchev–Trinajstić information content (AvgIpc) is 2.95. The lowest BCUT2D eigenvalue weighted by Crippen LogP contribution is -2.41. The van der Waals surface area contributed by atoms with E-state index in [0.717, 1.165) is 67.3 Å². The molecule has 0 spiro atoms. The van der Waals surface area contributed by atoms with Crippen molar-refractivity contribution < 1.29 is 4.79 Å². The number of hydrogen-bond donors (Lipinski definition) is 1. The molecular formula is C21H25N7O. The number of fused-ring (bicyclic) bond motifs is 3. The summed E-state index contributed by atoms with van der Waals surface area (Å²) in [5, 5.41) is 2.99. The van der Waals surface area contributed by atoms with E-state index in [1.807, 2.05) is 12.1 Å². The minimum Gasteiger partial charge on any atom is -0.354 e. The van der Waals surface area contributed by atoms with Gasteiger partial charge in [0, 0.05) is 32.3 Å². The summed E-state index contributed by atoms with van der Waals surface area (Å²) in [4.78, 5) is 33.1. The Kier molecular flexibility index (Phi) is 4.83. The number of pyridine rings is 1. The van der Waals surface area contributed by atoms with Gasteiger partial charge >= 0.3 is 0 Å². The molecule has 1 fully saturated rings. The lowest BCUT2D eigenvalue weighted by atomic mass is 9.97. The molecule has 29 heavy (non-hydrogen) atoms. The molecule has 8 nitrogen and oxygen atoms in total. The van der Waals surface area contributed by atoms with Crippen LogP contribution in [0.5, 0.6) is 0 Å². The highest BCUT2D eigenvalue weighted by Crippen LogP contribution is 2.29. The van der Waals surface area contributed by atoms with Crippen molar-refractivity contribution in [3.8, 4) is 0 Å². The Balaban J connectivity index is 1.39. The van der Waals surface area contributed by atoms with Gasteiger partial charge in [-0.3, -0.25) is 9.78 Å². The van der Waals surface area contributed by atoms with Crippen LogP contribution in [-0.4, -0.2) is 43.5 Å². The van der Waals surface area contributed by atoms with Gasteiger partial charge in [0.1, 0.15) is 12.2 Å². The van der Waals surface area contributed by atoms with Crippen LogP contribution in [0.25, 0.3) is 11.2 Å². The zero-order chi connectivity index (χ0) is 19.6. The zero-order valence-corrected chi connectivity index (χ0v) is 16.4. The molecule has 8 heteroatoms. The first-order valence-electron chi connectivity index (χ1n) is 10.5. The van der Waals surface area contributed by atoms with Gasteiger partial charge in [0.25, 0.3) is 0 Å². The van der Waals surface area contributed by atoms with Crippen LogP contribution in [0, 0.1) is 5.92 Å². The average molecular weight is 391 g/mol. The molecule has 150 valence electrons. The van der Waals surface area contributed by atoms with Crippen LogP contribution in [0.3, 0.4) is 0 Å². The number of nitrogens with one attached hydrogen (secondary N) is 1. The van der Waals surface area contributed by atoms with Gasteiger partial charge < -0.3 is 14.8 Å². The number of imidazole rings is 1. The first-order valence-corrected chi connectivity index (χ1v) is 10.5. The smallest absolute Gasteiger partial charge is 0.229 e. The molecular weight excluding hydrogens is 366 g/mol. The van der Waals surface area contributed by atoms with Gasteiger partial charge in [-0.2, -0.15) is 0 Å². The number of aromatic nitrogens is 5. The number of amides is 1. The first kappa shape index (κ1) is 18.0. The Morgan fingerprint density at radius 3 is 3.00 bits per heavy atom. The predicted molar refractivity (Wildman–Crippen MR) is 111 cm³/mol. The standard InChI is InChI=1S/C21H25N7O/c29-21(25-16-7-4-9-22-12-16)15-6-5-10-27(13-15)19-18-20(24-14-23-19)28-11-3-1-2-8-17(28)26-18/h4,7,9,12,14-15H,1-3,5-6,8,10-11,13H2,(H,25,29)/t15-/m1/s1. The van der Waals surface area contributed by atoms with E-state index in [2.05, 4.69) is 29.7 Å². The van der Waals surface area contributed by atoms with E-state index in [9.17, 15) is 4.79 Å². The Labute approximate surface area is 169 Å². The van der Waals surface area contributed by atoms with Crippen LogP contribution in [-0.2, 0) is 17.8 Å². The third-order valence-corrected chi connectivity index (χ3v) is 5.89. The highest BCUT2D eigenvalue weighted by atomic mass is 16.1. The van der Waals surface area contributed by atoms with Crippen LogP contribution in [0.1, 0.15) is 37.9 Å². The summed E-state index contributed by atoms with van der Waals surface area (Å²) in [7, 11) is 0. The number of hydrogen-bond acceptors (Lipinski definition) is 6. The fraction of sp³-hybridized carbons (Fsp3) is 0.476. The quantitative estimate of drug-likeness (QED) is 0.739. The van der Waals surface area contributed by atoms with Crippen molar-refractivity contribution >= 4 is 28.6 Å². The van der Waals surface area contributed by atoms with Crippen molar-refractivity contribution in [2.75, 3.05) is 23.3 Å². The summed E-state index contributed by atoms with van der Waals surface area (Å²) in [6.45, 7) is 2.49. The van der Waals surface area contributed by atoms with Crippen LogP contribution >= 0.6 is 0 Å². The normalized spacial score (nSPS) is 19.6. The second-order valence-corrected chi connectivity index (χ2v) is 7.88. The second kappa shape index (κ2) is 7.77. The van der Waals surface area contributed by atoms with Gasteiger partial charge in [-0.25, -0.2) is 15.0 Å². The molecule has 5 heterocycles. The molecule has 3 aromatic rings. The van der Waals surface area contributed by atoms with Crippen molar-refractivity contribution in [1.82, 2.24) is 24.5 Å². The number of anilines is 2. The van der Waals surface area contributed by atoms with E-state index in [1.165, 1.54) is 12.8 Å². The van der Waals surface area contributed by atoms with Gasteiger partial charge in [-0.15, -0.1) is 0 Å². The molecule has 1 saturated heterocycles. The summed E-state index contributed by atoms with van der Waals surface area (Å²) in [6, 6.07) is 3.68. The van der Waals surface area contributed by atoms with Gasteiger partial charge in [0.15, 0.2) is 17.0 Å². The maximum Gasteiger partial charge on any atom is 0.229 e. The van der Waals surface area contributed by atoms with E-state index in [4.69, 9.17) is 4.98 Å². The Bertz CT molecular complexity index is 1020. The van der Waals surface area contributed by atoms with Crippen LogP contribution in [0.4, 0.5) is 11.5 Å². The number of aryl methyl sites for hydroxylation is 2. The molecule has 3 aromatic heterocycles. The van der Waals surface area contributed by atoms with Crippen molar-refractivity contribution in [3.05, 3.63) is 36.7 Å². The molecule has 0 bridgehead atoms. The lowest BCUT2D eigenvalue weighted by molar-refractivity contribution is -0.120. The highest BCUT2D eigenvalue weighted by Gasteiger charge is 2.29. The van der Waals surface area contributed by atoms with Crippen molar-refractivity contribution in [2.24, 2.45) is 5.92 Å². The Morgan fingerprint density at radius 2 is 2.10 bits per heavy atom. The first-order chi connectivity index (χ1) is 14.3. The van der Waals surface area contributed by atoms with Gasteiger partial charge in [-0.1, -0.05) is 6.42 Å². The van der Waals surface area contributed by atoms with Crippen LogP contribution < -0.4 is 10.2 Å². The fourth-order valence-corrected chi connectivity index (χ4v) is 4.42. The van der Waals surface area contributed by atoms with E-state index in [0.29, 0.717) is 6.54 Å². The molecule has 0 unspecified atom stereocenters. The van der Waals surface area contributed by atoms with Crippen LogP contribution in [0.2, 0.25) is 0 Å². The van der Waals surface area contributed by atoms with E-state index >= 15 is 0 Å². The summed E-state index contributed by atoms with van der Waals surface area (Å²) in [5.74, 6) is 1.92. The van der Waals surface area contributed by atoms with Crippen molar-refractivity contribution in [2.45, 2.75) is 45.1 Å². The maximum absolute atomic E-state index is 12.8. The third-order valence-electron chi connectivity index (χ3n) is 5.89.